The van der Waals surface area contributed by atoms with E-state index in [2.05, 4.69) is 20.8 Å². The minimum absolute atomic E-state index is 0.111. The van der Waals surface area contributed by atoms with Crippen LogP contribution in [0.15, 0.2) is 4.99 Å². The lowest BCUT2D eigenvalue weighted by Crippen LogP contribution is -2.41. The summed E-state index contributed by atoms with van der Waals surface area (Å²) in [5, 5.41) is 0. The zero-order valence-corrected chi connectivity index (χ0v) is 47.8. The molecule has 1 aliphatic heterocycles. The zero-order chi connectivity index (χ0) is 50.4. The number of carbonyl (C=O) groups excluding carboxylic acids is 2. The van der Waals surface area contributed by atoms with Gasteiger partial charge in [-0.2, -0.15) is 0 Å². The Kier molecular flexibility index (Phi) is 51.0. The third kappa shape index (κ3) is 46.2. The fourth-order valence-corrected chi connectivity index (χ4v) is 10.4. The molecule has 0 aliphatic carbocycles. The van der Waals surface area contributed by atoms with Crippen molar-refractivity contribution in [2.75, 3.05) is 19.8 Å². The Morgan fingerprint density at radius 1 is 0.343 bits per heavy atom. The van der Waals surface area contributed by atoms with Crippen molar-refractivity contribution >= 4 is 17.8 Å². The van der Waals surface area contributed by atoms with Crippen molar-refractivity contribution < 1.29 is 23.8 Å². The number of unbranched alkanes of at least 4 members (excludes halogenated alkanes) is 48. The van der Waals surface area contributed by atoms with Crippen molar-refractivity contribution in [2.45, 2.75) is 373 Å². The molecule has 0 spiro atoms. The van der Waals surface area contributed by atoms with Crippen molar-refractivity contribution in [1.82, 2.24) is 0 Å². The van der Waals surface area contributed by atoms with E-state index in [0.29, 0.717) is 19.4 Å². The van der Waals surface area contributed by atoms with E-state index in [0.717, 1.165) is 44.4 Å². The quantitative estimate of drug-likeness (QED) is 0.0448. The molecule has 0 amide bonds. The highest BCUT2D eigenvalue weighted by molar-refractivity contribution is 5.78. The van der Waals surface area contributed by atoms with E-state index in [9.17, 15) is 9.59 Å². The number of hydrogen-bond donors (Lipinski definition) is 0. The molecular weight excluding hydrogens is 863 g/mol. The molecular formula is C64H123NO5. The summed E-state index contributed by atoms with van der Waals surface area (Å²) >= 11 is 0. The molecule has 70 heavy (non-hydrogen) atoms. The highest BCUT2D eigenvalue weighted by Gasteiger charge is 2.40. The number of rotatable bonds is 58. The number of nitrogens with zero attached hydrogens (tertiary/aromatic N) is 1. The van der Waals surface area contributed by atoms with E-state index >= 15 is 0 Å². The predicted octanol–water partition coefficient (Wildman–Crippen LogP) is 21.4. The van der Waals surface area contributed by atoms with Crippen molar-refractivity contribution in [3.8, 4) is 0 Å². The predicted molar refractivity (Wildman–Crippen MR) is 304 cm³/mol. The van der Waals surface area contributed by atoms with Gasteiger partial charge in [0.05, 0.1) is 0 Å². The lowest BCUT2D eigenvalue weighted by Gasteiger charge is -2.23. The van der Waals surface area contributed by atoms with Crippen LogP contribution in [-0.2, 0) is 23.8 Å². The standard InChI is InChI=1S/C64H123NO5/c1-4-7-10-13-16-19-22-25-28-31-32-33-34-37-40-43-46-49-52-55-61-65-64(58-68-61,59-69-62(66)56-53-50-47-44-41-38-35-29-26-23-20-17-14-11-8-5-2)60-70-63(67)57-54-51-48-45-42-39-36-30-27-24-21-18-15-12-9-6-3/h4-60H2,1-3H3. The first-order valence-corrected chi connectivity index (χ1v) is 32.1. The van der Waals surface area contributed by atoms with Gasteiger partial charge in [0, 0.05) is 19.3 Å². The second kappa shape index (κ2) is 53.7. The molecule has 0 bridgehead atoms. The van der Waals surface area contributed by atoms with Gasteiger partial charge in [-0.15, -0.1) is 0 Å². The van der Waals surface area contributed by atoms with E-state index in [-0.39, 0.29) is 25.2 Å². The summed E-state index contributed by atoms with van der Waals surface area (Å²) in [6, 6.07) is 0. The molecule has 1 rings (SSSR count). The van der Waals surface area contributed by atoms with E-state index in [1.165, 1.54) is 295 Å². The van der Waals surface area contributed by atoms with Crippen LogP contribution in [-0.4, -0.2) is 43.2 Å². The maximum absolute atomic E-state index is 12.9. The molecule has 0 fully saturated rings. The number of hydrogen-bond acceptors (Lipinski definition) is 6. The minimum atomic E-state index is -0.836. The second-order valence-corrected chi connectivity index (χ2v) is 22.6. The molecule has 0 saturated carbocycles. The summed E-state index contributed by atoms with van der Waals surface area (Å²) in [5.74, 6) is 0.382. The molecule has 6 heteroatoms. The first-order valence-electron chi connectivity index (χ1n) is 32.1. The highest BCUT2D eigenvalue weighted by Crippen LogP contribution is 2.25. The molecule has 0 aromatic rings. The monoisotopic (exact) mass is 986 g/mol. The van der Waals surface area contributed by atoms with E-state index in [1.807, 2.05) is 0 Å². The average molecular weight is 987 g/mol. The van der Waals surface area contributed by atoms with Gasteiger partial charge < -0.3 is 14.2 Å². The van der Waals surface area contributed by atoms with Gasteiger partial charge >= 0.3 is 11.9 Å². The van der Waals surface area contributed by atoms with Crippen LogP contribution in [0.2, 0.25) is 0 Å². The summed E-state index contributed by atoms with van der Waals surface area (Å²) in [7, 11) is 0. The minimum Gasteiger partial charge on any atom is -0.478 e. The Balaban J connectivity index is 2.31. The fourth-order valence-electron chi connectivity index (χ4n) is 10.4. The Morgan fingerprint density at radius 3 is 0.800 bits per heavy atom. The molecule has 0 unspecified atom stereocenters. The van der Waals surface area contributed by atoms with Gasteiger partial charge in [0.25, 0.3) is 0 Å². The van der Waals surface area contributed by atoms with Gasteiger partial charge in [-0.25, -0.2) is 4.99 Å². The first kappa shape index (κ1) is 66.4. The molecule has 0 saturated heterocycles. The molecule has 0 N–H and O–H groups in total. The third-order valence-corrected chi connectivity index (χ3v) is 15.3. The van der Waals surface area contributed by atoms with Crippen LogP contribution in [0, 0.1) is 0 Å². The van der Waals surface area contributed by atoms with Crippen molar-refractivity contribution in [2.24, 2.45) is 4.99 Å². The Labute approximate surface area is 437 Å². The third-order valence-electron chi connectivity index (χ3n) is 15.3. The average Bonchev–Trinajstić information content (AvgIpc) is 3.78. The molecule has 414 valence electrons. The molecule has 0 atom stereocenters. The summed E-state index contributed by atoms with van der Waals surface area (Å²) in [6.07, 6.45) is 69.6. The normalized spacial score (nSPS) is 13.2. The number of ether oxygens (including phenoxy) is 3. The first-order chi connectivity index (χ1) is 34.5. The van der Waals surface area contributed by atoms with Crippen LogP contribution in [0.5, 0.6) is 0 Å². The zero-order valence-electron chi connectivity index (χ0n) is 47.8. The van der Waals surface area contributed by atoms with Crippen molar-refractivity contribution in [3.05, 3.63) is 0 Å². The van der Waals surface area contributed by atoms with Gasteiger partial charge in [-0.1, -0.05) is 329 Å². The van der Waals surface area contributed by atoms with Crippen molar-refractivity contribution in [3.63, 3.8) is 0 Å². The largest absolute Gasteiger partial charge is 0.478 e. The number of carbonyl (C=O) groups is 2. The summed E-state index contributed by atoms with van der Waals surface area (Å²) in [5.41, 5.74) is -0.836. The van der Waals surface area contributed by atoms with E-state index in [4.69, 9.17) is 19.2 Å². The van der Waals surface area contributed by atoms with Gasteiger partial charge in [0.2, 0.25) is 0 Å². The molecule has 6 nitrogen and oxygen atoms in total. The summed E-state index contributed by atoms with van der Waals surface area (Å²) in [4.78, 5) is 30.8. The highest BCUT2D eigenvalue weighted by atomic mass is 16.6. The van der Waals surface area contributed by atoms with Gasteiger partial charge in [-0.3, -0.25) is 9.59 Å². The number of aliphatic imine (C=N–C) groups is 1. The molecule has 1 aliphatic rings. The van der Waals surface area contributed by atoms with Gasteiger partial charge in [-0.05, 0) is 19.3 Å². The van der Waals surface area contributed by atoms with Crippen LogP contribution in [0.1, 0.15) is 367 Å². The van der Waals surface area contributed by atoms with Crippen molar-refractivity contribution in [1.29, 1.82) is 0 Å². The maximum atomic E-state index is 12.9. The van der Waals surface area contributed by atoms with Crippen LogP contribution in [0.4, 0.5) is 0 Å². The SMILES string of the molecule is CCCCCCCCCCCCCCCCCCCCCC1=NC(COC(=O)CCCCCCCCCCCCCCCCCC)(COC(=O)CCCCCCCCCCCCCCCCCC)CO1. The van der Waals surface area contributed by atoms with Crippen LogP contribution < -0.4 is 0 Å². The summed E-state index contributed by atoms with van der Waals surface area (Å²) < 4.78 is 17.8. The number of esters is 2. The van der Waals surface area contributed by atoms with Gasteiger partial charge in [0.1, 0.15) is 19.8 Å². The molecule has 0 aromatic heterocycles. The lowest BCUT2D eigenvalue weighted by atomic mass is 10.0. The second-order valence-electron chi connectivity index (χ2n) is 22.6. The smallest absolute Gasteiger partial charge is 0.305 e. The van der Waals surface area contributed by atoms with E-state index in [1.54, 1.807) is 0 Å². The topological polar surface area (TPSA) is 74.2 Å². The molecule has 0 aromatic carbocycles. The molecule has 0 radical (unpaired) electrons. The van der Waals surface area contributed by atoms with Crippen LogP contribution in [0.25, 0.3) is 0 Å². The summed E-state index contributed by atoms with van der Waals surface area (Å²) in [6.45, 7) is 7.40. The fraction of sp³-hybridized carbons (Fsp3) is 0.953. The van der Waals surface area contributed by atoms with Crippen LogP contribution >= 0.6 is 0 Å². The Bertz CT molecular complexity index is 1070. The molecule has 1 heterocycles. The Hall–Kier alpha value is -1.59. The lowest BCUT2D eigenvalue weighted by molar-refractivity contribution is -0.150. The Morgan fingerprint density at radius 2 is 0.557 bits per heavy atom. The van der Waals surface area contributed by atoms with Gasteiger partial charge in [0.15, 0.2) is 11.4 Å². The van der Waals surface area contributed by atoms with E-state index < -0.39 is 5.54 Å². The maximum Gasteiger partial charge on any atom is 0.305 e. The van der Waals surface area contributed by atoms with Crippen LogP contribution in [0.3, 0.4) is 0 Å².